The summed E-state index contributed by atoms with van der Waals surface area (Å²) in [5.41, 5.74) is 11.0. The molecule has 0 atom stereocenters. The van der Waals surface area contributed by atoms with Crippen molar-refractivity contribution >= 4 is 17.2 Å². The Hall–Kier alpha value is -2.55. The number of rotatable bonds is 6. The van der Waals surface area contributed by atoms with Gasteiger partial charge < -0.3 is 16.0 Å². The van der Waals surface area contributed by atoms with E-state index in [1.807, 2.05) is 19.1 Å². The van der Waals surface area contributed by atoms with Crippen LogP contribution in [0.1, 0.15) is 11.3 Å². The molecular formula is C13H17N5O3. The minimum Gasteiger partial charge on any atom is -0.508 e. The zero-order chi connectivity index (χ0) is 15.2. The molecule has 1 heterocycles. The van der Waals surface area contributed by atoms with Crippen molar-refractivity contribution in [1.82, 2.24) is 4.98 Å². The summed E-state index contributed by atoms with van der Waals surface area (Å²) in [7, 11) is 0. The van der Waals surface area contributed by atoms with Crippen molar-refractivity contribution in [2.24, 2.45) is 5.84 Å². The summed E-state index contributed by atoms with van der Waals surface area (Å²) in [5, 5.41) is 18.0. The average molecular weight is 291 g/mol. The average Bonchev–Trinajstić information content (AvgIpc) is 2.49. The van der Waals surface area contributed by atoms with Crippen LogP contribution in [0.4, 0.5) is 17.2 Å². The second-order valence-corrected chi connectivity index (χ2v) is 4.36. The third-order valence-electron chi connectivity index (χ3n) is 2.81. The summed E-state index contributed by atoms with van der Waals surface area (Å²) in [6, 6.07) is 8.46. The smallest absolute Gasteiger partial charge is 0.165 e. The number of nitrogens with two attached hydrogens (primary N) is 1. The first-order valence-corrected chi connectivity index (χ1v) is 6.18. The largest absolute Gasteiger partial charge is 0.508 e. The fourth-order valence-electron chi connectivity index (χ4n) is 1.76. The van der Waals surface area contributed by atoms with E-state index in [1.54, 1.807) is 12.1 Å². The van der Waals surface area contributed by atoms with Crippen LogP contribution in [-0.2, 0) is 11.5 Å². The number of hydrogen-bond acceptors (Lipinski definition) is 8. The van der Waals surface area contributed by atoms with Crippen molar-refractivity contribution in [3.63, 3.8) is 0 Å². The molecule has 21 heavy (non-hydrogen) atoms. The van der Waals surface area contributed by atoms with Gasteiger partial charge in [-0.3, -0.25) is 10.7 Å². The van der Waals surface area contributed by atoms with Crippen LogP contribution in [-0.4, -0.2) is 15.3 Å². The Morgan fingerprint density at radius 1 is 1.24 bits per heavy atom. The number of nitrogens with one attached hydrogen (secondary N) is 3. The summed E-state index contributed by atoms with van der Waals surface area (Å²) in [4.78, 5) is 8.26. The van der Waals surface area contributed by atoms with Crippen molar-refractivity contribution in [3.05, 3.63) is 41.6 Å². The van der Waals surface area contributed by atoms with Crippen molar-refractivity contribution in [2.75, 3.05) is 16.3 Å². The van der Waals surface area contributed by atoms with Crippen molar-refractivity contribution in [3.8, 4) is 5.75 Å². The standard InChI is InChI=1S/C13H17N5O3/c1-8-2-4-11(13(15-8)16-14)18-17-10-3-5-12(19)9(6-10)7-21-20/h2-6,17-20H,7,14H2,1H3,(H,15,16). The van der Waals surface area contributed by atoms with Crippen LogP contribution in [0, 0.1) is 6.92 Å². The van der Waals surface area contributed by atoms with Crippen LogP contribution in [0.2, 0.25) is 0 Å². The van der Waals surface area contributed by atoms with Crippen molar-refractivity contribution in [2.45, 2.75) is 13.5 Å². The number of anilines is 3. The van der Waals surface area contributed by atoms with Crippen LogP contribution in [0.15, 0.2) is 30.3 Å². The molecule has 7 N–H and O–H groups in total. The Kier molecular flexibility index (Phi) is 4.77. The van der Waals surface area contributed by atoms with Crippen LogP contribution >= 0.6 is 0 Å². The Morgan fingerprint density at radius 3 is 2.76 bits per heavy atom. The van der Waals surface area contributed by atoms with Gasteiger partial charge in [-0.15, -0.1) is 0 Å². The van der Waals surface area contributed by atoms with Gasteiger partial charge in [0.05, 0.1) is 11.4 Å². The summed E-state index contributed by atoms with van der Waals surface area (Å²) < 4.78 is 0. The van der Waals surface area contributed by atoms with Gasteiger partial charge >= 0.3 is 0 Å². The van der Waals surface area contributed by atoms with Gasteiger partial charge in [-0.2, -0.15) is 0 Å². The molecule has 0 bridgehead atoms. The maximum atomic E-state index is 9.59. The predicted octanol–water partition coefficient (Wildman–Crippen LogP) is 1.81. The molecule has 2 aromatic rings. The highest BCUT2D eigenvalue weighted by Gasteiger charge is 2.05. The molecule has 0 unspecified atom stereocenters. The van der Waals surface area contributed by atoms with E-state index in [1.165, 1.54) is 6.07 Å². The highest BCUT2D eigenvalue weighted by atomic mass is 17.1. The maximum Gasteiger partial charge on any atom is 0.165 e. The van der Waals surface area contributed by atoms with Gasteiger partial charge in [0.2, 0.25) is 0 Å². The topological polar surface area (TPSA) is 125 Å². The number of benzene rings is 1. The van der Waals surface area contributed by atoms with Crippen LogP contribution in [0.25, 0.3) is 0 Å². The van der Waals surface area contributed by atoms with Gasteiger partial charge in [-0.1, -0.05) is 0 Å². The molecule has 0 fully saturated rings. The number of hydrazine groups is 2. The number of phenolic OH excluding ortho intramolecular Hbond substituents is 1. The number of nitrogens with zero attached hydrogens (tertiary/aromatic N) is 1. The Morgan fingerprint density at radius 2 is 2.05 bits per heavy atom. The Labute approximate surface area is 121 Å². The number of hydrogen-bond donors (Lipinski definition) is 6. The van der Waals surface area contributed by atoms with E-state index in [9.17, 15) is 5.11 Å². The summed E-state index contributed by atoms with van der Waals surface area (Å²) in [6.45, 7) is 1.75. The monoisotopic (exact) mass is 291 g/mol. The van der Waals surface area contributed by atoms with Crippen LogP contribution < -0.4 is 22.1 Å². The highest BCUT2D eigenvalue weighted by Crippen LogP contribution is 2.23. The minimum atomic E-state index is -0.108. The molecule has 0 saturated carbocycles. The first-order valence-electron chi connectivity index (χ1n) is 6.18. The van der Waals surface area contributed by atoms with Gasteiger partial charge in [-0.25, -0.2) is 15.7 Å². The molecule has 112 valence electrons. The maximum absolute atomic E-state index is 9.59. The van der Waals surface area contributed by atoms with E-state index in [4.69, 9.17) is 11.1 Å². The lowest BCUT2D eigenvalue weighted by atomic mass is 10.2. The number of nitrogen functional groups attached to an aromatic ring is 1. The number of phenols is 1. The van der Waals surface area contributed by atoms with Crippen molar-refractivity contribution in [1.29, 1.82) is 0 Å². The first-order chi connectivity index (χ1) is 10.1. The third kappa shape index (κ3) is 3.72. The second kappa shape index (κ2) is 6.75. The Balaban J connectivity index is 2.11. The number of aryl methyl sites for hydroxylation is 1. The zero-order valence-corrected chi connectivity index (χ0v) is 11.4. The SMILES string of the molecule is Cc1ccc(NNc2ccc(O)c(COO)c2)c(NN)n1. The third-order valence-corrected chi connectivity index (χ3v) is 2.81. The van der Waals surface area contributed by atoms with Gasteiger partial charge in [0, 0.05) is 11.3 Å². The van der Waals surface area contributed by atoms with Gasteiger partial charge in [0.15, 0.2) is 5.82 Å². The lowest BCUT2D eigenvalue weighted by Gasteiger charge is -2.14. The van der Waals surface area contributed by atoms with Crippen LogP contribution in [0.3, 0.4) is 0 Å². The van der Waals surface area contributed by atoms with Crippen molar-refractivity contribution < 1.29 is 15.3 Å². The second-order valence-electron chi connectivity index (χ2n) is 4.36. The fraction of sp³-hybridized carbons (Fsp3) is 0.154. The predicted molar refractivity (Wildman–Crippen MR) is 79.6 cm³/mol. The van der Waals surface area contributed by atoms with Gasteiger partial charge in [0.1, 0.15) is 12.4 Å². The molecule has 0 aliphatic carbocycles. The molecule has 0 radical (unpaired) electrons. The fourth-order valence-corrected chi connectivity index (χ4v) is 1.76. The Bertz CT molecular complexity index is 621. The lowest BCUT2D eigenvalue weighted by Crippen LogP contribution is -2.15. The summed E-state index contributed by atoms with van der Waals surface area (Å²) in [5.74, 6) is 5.95. The molecule has 1 aromatic heterocycles. The molecule has 0 amide bonds. The van der Waals surface area contributed by atoms with Crippen LogP contribution in [0.5, 0.6) is 5.75 Å². The molecule has 8 heteroatoms. The van der Waals surface area contributed by atoms with E-state index in [0.717, 1.165) is 5.69 Å². The first kappa shape index (κ1) is 14.9. The zero-order valence-electron chi connectivity index (χ0n) is 11.4. The van der Waals surface area contributed by atoms with E-state index in [0.29, 0.717) is 22.8 Å². The molecular weight excluding hydrogens is 274 g/mol. The molecule has 1 aromatic carbocycles. The minimum absolute atomic E-state index is 0.0379. The number of aromatic hydroxyl groups is 1. The van der Waals surface area contributed by atoms with E-state index >= 15 is 0 Å². The van der Waals surface area contributed by atoms with E-state index in [2.05, 4.69) is 26.1 Å². The number of aromatic nitrogens is 1. The highest BCUT2D eigenvalue weighted by molar-refractivity contribution is 5.66. The molecule has 2 rings (SSSR count). The normalized spacial score (nSPS) is 10.2. The summed E-state index contributed by atoms with van der Waals surface area (Å²) in [6.07, 6.45) is 0. The lowest BCUT2D eigenvalue weighted by molar-refractivity contribution is -0.253. The van der Waals surface area contributed by atoms with Gasteiger partial charge in [0.25, 0.3) is 0 Å². The van der Waals surface area contributed by atoms with E-state index < -0.39 is 0 Å². The number of pyridine rings is 1. The quantitative estimate of drug-likeness (QED) is 0.206. The molecule has 0 saturated heterocycles. The molecule has 0 aliphatic rings. The molecule has 0 spiro atoms. The molecule has 8 nitrogen and oxygen atoms in total. The summed E-state index contributed by atoms with van der Waals surface area (Å²) >= 11 is 0. The van der Waals surface area contributed by atoms with E-state index in [-0.39, 0.29) is 12.4 Å². The molecule has 0 aliphatic heterocycles. The van der Waals surface area contributed by atoms with Gasteiger partial charge in [-0.05, 0) is 37.3 Å².